The van der Waals surface area contributed by atoms with E-state index in [2.05, 4.69) is 36.1 Å². The second-order valence-electron chi connectivity index (χ2n) is 4.41. The summed E-state index contributed by atoms with van der Waals surface area (Å²) in [5.41, 5.74) is 2.57. The van der Waals surface area contributed by atoms with Crippen LogP contribution < -0.4 is 0 Å². The van der Waals surface area contributed by atoms with E-state index in [1.807, 2.05) is 0 Å². The lowest BCUT2D eigenvalue weighted by atomic mass is 10.1. The van der Waals surface area contributed by atoms with Gasteiger partial charge in [0.05, 0.1) is 0 Å². The van der Waals surface area contributed by atoms with Crippen molar-refractivity contribution in [3.8, 4) is 0 Å². The first-order valence-electron chi connectivity index (χ1n) is 5.65. The number of likely N-dealkylation sites (tertiary alicyclic amines) is 1. The van der Waals surface area contributed by atoms with E-state index in [1.54, 1.807) is 0 Å². The predicted molar refractivity (Wildman–Crippen MR) is 60.6 cm³/mol. The van der Waals surface area contributed by atoms with Gasteiger partial charge in [-0.25, -0.2) is 4.39 Å². The van der Waals surface area contributed by atoms with Crippen molar-refractivity contribution in [2.45, 2.75) is 32.4 Å². The third-order valence-electron chi connectivity index (χ3n) is 3.18. The number of alkyl halides is 1. The van der Waals surface area contributed by atoms with Crippen LogP contribution in [0.25, 0.3) is 0 Å². The molecule has 1 fully saturated rings. The van der Waals surface area contributed by atoms with Crippen molar-refractivity contribution >= 4 is 0 Å². The fourth-order valence-corrected chi connectivity index (χ4v) is 2.21. The second kappa shape index (κ2) is 4.75. The molecule has 2 heteroatoms. The number of halogens is 1. The summed E-state index contributed by atoms with van der Waals surface area (Å²) in [6, 6.07) is 8.68. The number of hydrogen-bond donors (Lipinski definition) is 0. The summed E-state index contributed by atoms with van der Waals surface area (Å²) in [6.07, 6.45) is 2.16. The maximum atomic E-state index is 12.7. The zero-order valence-electron chi connectivity index (χ0n) is 9.25. The van der Waals surface area contributed by atoms with Crippen LogP contribution in [0.3, 0.4) is 0 Å². The summed E-state index contributed by atoms with van der Waals surface area (Å²) >= 11 is 0. The van der Waals surface area contributed by atoms with E-state index in [0.29, 0.717) is 0 Å². The smallest absolute Gasteiger partial charge is 0.105 e. The lowest BCUT2D eigenvalue weighted by Gasteiger charge is -2.21. The molecule has 1 aromatic rings. The minimum absolute atomic E-state index is 0.159. The average Bonchev–Trinajstić information content (AvgIpc) is 2.69. The third-order valence-corrected chi connectivity index (χ3v) is 3.18. The molecule has 0 radical (unpaired) electrons. The van der Waals surface area contributed by atoms with Gasteiger partial charge in [0, 0.05) is 12.6 Å². The highest BCUT2D eigenvalue weighted by molar-refractivity contribution is 5.21. The van der Waals surface area contributed by atoms with E-state index in [4.69, 9.17) is 0 Å². The van der Waals surface area contributed by atoms with Crippen molar-refractivity contribution in [1.82, 2.24) is 4.90 Å². The Bertz CT molecular complexity index is 307. The fraction of sp³-hybridized carbons (Fsp3) is 0.538. The lowest BCUT2D eigenvalue weighted by Crippen LogP contribution is -2.30. The van der Waals surface area contributed by atoms with E-state index < -0.39 is 0 Å². The first-order chi connectivity index (χ1) is 7.29. The molecule has 0 N–H and O–H groups in total. The third kappa shape index (κ3) is 2.57. The Morgan fingerprint density at radius 2 is 2.07 bits per heavy atom. The Morgan fingerprint density at radius 3 is 2.73 bits per heavy atom. The maximum Gasteiger partial charge on any atom is 0.105 e. The molecule has 0 spiro atoms. The average molecular weight is 207 g/mol. The van der Waals surface area contributed by atoms with Crippen LogP contribution >= 0.6 is 0 Å². The van der Waals surface area contributed by atoms with Crippen molar-refractivity contribution in [3.05, 3.63) is 35.4 Å². The van der Waals surface area contributed by atoms with E-state index >= 15 is 0 Å². The predicted octanol–water partition coefficient (Wildman–Crippen LogP) is 2.93. The van der Waals surface area contributed by atoms with Crippen molar-refractivity contribution in [1.29, 1.82) is 0 Å². The summed E-state index contributed by atoms with van der Waals surface area (Å²) in [5, 5.41) is 0. The minimum Gasteiger partial charge on any atom is -0.294 e. The summed E-state index contributed by atoms with van der Waals surface area (Å²) in [5.74, 6) is 0. The van der Waals surface area contributed by atoms with Crippen molar-refractivity contribution < 1.29 is 4.39 Å². The largest absolute Gasteiger partial charge is 0.294 e. The molecule has 0 saturated carbocycles. The van der Waals surface area contributed by atoms with Crippen LogP contribution in [0.4, 0.5) is 4.39 Å². The van der Waals surface area contributed by atoms with Crippen LogP contribution in [0.15, 0.2) is 24.3 Å². The fourth-order valence-electron chi connectivity index (χ4n) is 2.21. The Labute approximate surface area is 90.9 Å². The van der Waals surface area contributed by atoms with Gasteiger partial charge >= 0.3 is 0 Å². The Kier molecular flexibility index (Phi) is 3.37. The molecule has 1 nitrogen and oxygen atoms in total. The standard InChI is InChI=1S/C13H18FN/c1-11-4-6-12(7-5-11)10-15-8-2-3-13(15)9-14/h4-7,13H,2-3,8-10H2,1H3. The molecule has 1 atom stereocenters. The molecule has 2 rings (SSSR count). The molecule has 0 aromatic heterocycles. The normalized spacial score (nSPS) is 22.1. The number of rotatable bonds is 3. The van der Waals surface area contributed by atoms with Crippen LogP contribution in [0.2, 0.25) is 0 Å². The zero-order valence-corrected chi connectivity index (χ0v) is 9.25. The van der Waals surface area contributed by atoms with Gasteiger partial charge in [0.15, 0.2) is 0 Å². The highest BCUT2D eigenvalue weighted by Gasteiger charge is 2.23. The summed E-state index contributed by atoms with van der Waals surface area (Å²) in [4.78, 5) is 2.25. The number of hydrogen-bond acceptors (Lipinski definition) is 1. The first-order valence-corrected chi connectivity index (χ1v) is 5.65. The van der Waals surface area contributed by atoms with Gasteiger partial charge in [-0.2, -0.15) is 0 Å². The maximum absolute atomic E-state index is 12.7. The minimum atomic E-state index is -0.203. The number of benzene rings is 1. The molecule has 1 heterocycles. The van der Waals surface area contributed by atoms with Gasteiger partial charge in [-0.1, -0.05) is 29.8 Å². The van der Waals surface area contributed by atoms with Crippen LogP contribution in [0.5, 0.6) is 0 Å². The Hall–Kier alpha value is -0.890. The van der Waals surface area contributed by atoms with Crippen LogP contribution in [-0.4, -0.2) is 24.2 Å². The molecule has 1 aliphatic heterocycles. The van der Waals surface area contributed by atoms with Gasteiger partial charge in [0.2, 0.25) is 0 Å². The SMILES string of the molecule is Cc1ccc(CN2CCCC2CF)cc1. The second-order valence-corrected chi connectivity index (χ2v) is 4.41. The molecular weight excluding hydrogens is 189 g/mol. The van der Waals surface area contributed by atoms with Gasteiger partial charge in [-0.15, -0.1) is 0 Å². The lowest BCUT2D eigenvalue weighted by molar-refractivity contribution is 0.207. The molecule has 1 aromatic carbocycles. The molecule has 15 heavy (non-hydrogen) atoms. The molecule has 1 aliphatic rings. The Balaban J connectivity index is 1.99. The molecule has 0 bridgehead atoms. The van der Waals surface area contributed by atoms with Crippen molar-refractivity contribution in [2.75, 3.05) is 13.2 Å². The quantitative estimate of drug-likeness (QED) is 0.736. The molecule has 82 valence electrons. The molecule has 1 unspecified atom stereocenters. The van der Waals surface area contributed by atoms with Gasteiger partial charge < -0.3 is 0 Å². The van der Waals surface area contributed by atoms with Gasteiger partial charge in [-0.3, -0.25) is 4.90 Å². The van der Waals surface area contributed by atoms with E-state index in [-0.39, 0.29) is 12.7 Å². The van der Waals surface area contributed by atoms with E-state index in [9.17, 15) is 4.39 Å². The highest BCUT2D eigenvalue weighted by atomic mass is 19.1. The molecule has 1 saturated heterocycles. The number of nitrogens with zero attached hydrogens (tertiary/aromatic N) is 1. The van der Waals surface area contributed by atoms with E-state index in [0.717, 1.165) is 25.9 Å². The van der Waals surface area contributed by atoms with Gasteiger partial charge in [0.25, 0.3) is 0 Å². The topological polar surface area (TPSA) is 3.24 Å². The zero-order chi connectivity index (χ0) is 10.7. The van der Waals surface area contributed by atoms with Gasteiger partial charge in [-0.05, 0) is 31.9 Å². The van der Waals surface area contributed by atoms with Crippen LogP contribution in [0, 0.1) is 6.92 Å². The van der Waals surface area contributed by atoms with Crippen LogP contribution in [-0.2, 0) is 6.54 Å². The van der Waals surface area contributed by atoms with Crippen molar-refractivity contribution in [3.63, 3.8) is 0 Å². The van der Waals surface area contributed by atoms with E-state index in [1.165, 1.54) is 11.1 Å². The summed E-state index contributed by atoms with van der Waals surface area (Å²) in [6.45, 7) is 3.83. The van der Waals surface area contributed by atoms with Crippen LogP contribution in [0.1, 0.15) is 24.0 Å². The molecular formula is C13H18FN. The monoisotopic (exact) mass is 207 g/mol. The molecule has 0 amide bonds. The van der Waals surface area contributed by atoms with Crippen molar-refractivity contribution in [2.24, 2.45) is 0 Å². The highest BCUT2D eigenvalue weighted by Crippen LogP contribution is 2.20. The summed E-state index contributed by atoms with van der Waals surface area (Å²) < 4.78 is 12.7. The molecule has 0 aliphatic carbocycles. The van der Waals surface area contributed by atoms with Gasteiger partial charge in [0.1, 0.15) is 6.67 Å². The first kappa shape index (κ1) is 10.6. The number of aryl methyl sites for hydroxylation is 1. The summed E-state index contributed by atoms with van der Waals surface area (Å²) in [7, 11) is 0. The Morgan fingerprint density at radius 1 is 1.33 bits per heavy atom.